The van der Waals surface area contributed by atoms with Crippen LogP contribution in [0.3, 0.4) is 0 Å². The van der Waals surface area contributed by atoms with Gasteiger partial charge < -0.3 is 14.8 Å². The Morgan fingerprint density at radius 1 is 1.11 bits per heavy atom. The van der Waals surface area contributed by atoms with E-state index in [4.69, 9.17) is 4.98 Å². The number of aryl methyl sites for hydroxylation is 1. The Morgan fingerprint density at radius 2 is 1.89 bits per heavy atom. The zero-order valence-electron chi connectivity index (χ0n) is 16.5. The van der Waals surface area contributed by atoms with Crippen LogP contribution in [0.1, 0.15) is 45.5 Å². The third kappa shape index (κ3) is 3.59. The number of hydrogen-bond donors (Lipinski definition) is 1. The topological polar surface area (TPSA) is 71.8 Å². The van der Waals surface area contributed by atoms with Crippen molar-refractivity contribution in [3.63, 3.8) is 0 Å². The lowest BCUT2D eigenvalue weighted by atomic mass is 10.00. The maximum absolute atomic E-state index is 4.70. The molecule has 4 rings (SSSR count). The van der Waals surface area contributed by atoms with Crippen LogP contribution in [0.4, 0.5) is 17.6 Å². The molecule has 0 amide bonds. The summed E-state index contributed by atoms with van der Waals surface area (Å²) in [6.07, 6.45) is 6.01. The molecule has 0 unspecified atom stereocenters. The minimum absolute atomic E-state index is 0.345. The van der Waals surface area contributed by atoms with Gasteiger partial charge in [-0.3, -0.25) is 0 Å². The van der Waals surface area contributed by atoms with Crippen molar-refractivity contribution in [1.82, 2.24) is 24.5 Å². The van der Waals surface area contributed by atoms with Crippen molar-refractivity contribution in [2.75, 3.05) is 23.3 Å². The summed E-state index contributed by atoms with van der Waals surface area (Å²) < 4.78 is 2.22. The zero-order chi connectivity index (χ0) is 19.0. The predicted molar refractivity (Wildman–Crippen MR) is 109 cm³/mol. The summed E-state index contributed by atoms with van der Waals surface area (Å²) in [7, 11) is 0. The molecule has 0 aliphatic carbocycles. The molecule has 3 aromatic heterocycles. The normalized spacial score (nSPS) is 15.7. The molecule has 1 aliphatic heterocycles. The van der Waals surface area contributed by atoms with Crippen molar-refractivity contribution in [3.05, 3.63) is 30.4 Å². The molecule has 0 spiro atoms. The number of hydrogen-bond acceptors (Lipinski definition) is 6. The van der Waals surface area contributed by atoms with Crippen LogP contribution in [-0.2, 0) is 0 Å². The van der Waals surface area contributed by atoms with E-state index in [1.807, 2.05) is 31.5 Å². The quantitative estimate of drug-likeness (QED) is 0.751. The van der Waals surface area contributed by atoms with Crippen LogP contribution < -0.4 is 10.2 Å². The molecule has 4 heterocycles. The zero-order valence-corrected chi connectivity index (χ0v) is 16.5. The lowest BCUT2D eigenvalue weighted by Gasteiger charge is -2.30. The van der Waals surface area contributed by atoms with E-state index in [9.17, 15) is 0 Å². The molecule has 27 heavy (non-hydrogen) atoms. The predicted octanol–water partition coefficient (Wildman–Crippen LogP) is 4.09. The SMILES string of the molecule is Cc1nc2cnc(Nc3ccnc(N4CCC(C)CC4)n3)cc2n1C(C)C. The van der Waals surface area contributed by atoms with Gasteiger partial charge in [0, 0.05) is 31.4 Å². The Morgan fingerprint density at radius 3 is 2.63 bits per heavy atom. The van der Waals surface area contributed by atoms with Gasteiger partial charge in [-0.1, -0.05) is 6.92 Å². The Bertz CT molecular complexity index is 939. The highest BCUT2D eigenvalue weighted by Crippen LogP contribution is 2.25. The van der Waals surface area contributed by atoms with E-state index in [0.717, 1.165) is 53.4 Å². The second kappa shape index (κ2) is 7.13. The highest BCUT2D eigenvalue weighted by atomic mass is 15.3. The third-order valence-electron chi connectivity index (χ3n) is 5.23. The van der Waals surface area contributed by atoms with Gasteiger partial charge in [0.15, 0.2) is 0 Å². The smallest absolute Gasteiger partial charge is 0.227 e. The Kier molecular flexibility index (Phi) is 4.68. The van der Waals surface area contributed by atoms with E-state index in [2.05, 4.69) is 50.5 Å². The molecule has 0 saturated carbocycles. The molecule has 0 radical (unpaired) electrons. The number of rotatable bonds is 4. The van der Waals surface area contributed by atoms with Crippen molar-refractivity contribution in [2.24, 2.45) is 5.92 Å². The summed E-state index contributed by atoms with van der Waals surface area (Å²) >= 11 is 0. The van der Waals surface area contributed by atoms with Crippen molar-refractivity contribution >= 4 is 28.6 Å². The molecular formula is C20H27N7. The third-order valence-corrected chi connectivity index (χ3v) is 5.23. The van der Waals surface area contributed by atoms with Gasteiger partial charge in [0.25, 0.3) is 0 Å². The van der Waals surface area contributed by atoms with Gasteiger partial charge in [0.05, 0.1) is 11.7 Å². The van der Waals surface area contributed by atoms with E-state index in [-0.39, 0.29) is 0 Å². The summed E-state index contributed by atoms with van der Waals surface area (Å²) in [4.78, 5) is 20.5. The number of nitrogens with one attached hydrogen (secondary N) is 1. The molecule has 0 atom stereocenters. The van der Waals surface area contributed by atoms with Crippen molar-refractivity contribution < 1.29 is 0 Å². The molecule has 1 fully saturated rings. The minimum Gasteiger partial charge on any atom is -0.341 e. The lowest BCUT2D eigenvalue weighted by Crippen LogP contribution is -2.34. The number of nitrogens with zero attached hydrogens (tertiary/aromatic N) is 6. The van der Waals surface area contributed by atoms with Gasteiger partial charge in [-0.2, -0.15) is 4.98 Å². The van der Waals surface area contributed by atoms with E-state index < -0.39 is 0 Å². The molecule has 7 heteroatoms. The monoisotopic (exact) mass is 365 g/mol. The first-order chi connectivity index (χ1) is 13.0. The Labute approximate surface area is 159 Å². The van der Waals surface area contributed by atoms with E-state index in [1.54, 1.807) is 0 Å². The van der Waals surface area contributed by atoms with Gasteiger partial charge in [0.1, 0.15) is 23.0 Å². The fourth-order valence-electron chi connectivity index (χ4n) is 3.75. The summed E-state index contributed by atoms with van der Waals surface area (Å²) in [6.45, 7) is 10.7. The van der Waals surface area contributed by atoms with Gasteiger partial charge >= 0.3 is 0 Å². The highest BCUT2D eigenvalue weighted by Gasteiger charge is 2.18. The average Bonchev–Trinajstić information content (AvgIpc) is 2.98. The molecule has 1 saturated heterocycles. The fraction of sp³-hybridized carbons (Fsp3) is 0.500. The summed E-state index contributed by atoms with van der Waals surface area (Å²) in [5.41, 5.74) is 2.00. The molecule has 1 N–H and O–H groups in total. The van der Waals surface area contributed by atoms with Gasteiger partial charge in [-0.15, -0.1) is 0 Å². The van der Waals surface area contributed by atoms with Crippen LogP contribution >= 0.6 is 0 Å². The van der Waals surface area contributed by atoms with Crippen LogP contribution in [0.2, 0.25) is 0 Å². The summed E-state index contributed by atoms with van der Waals surface area (Å²) in [6, 6.07) is 4.27. The van der Waals surface area contributed by atoms with Crippen LogP contribution in [0.15, 0.2) is 24.5 Å². The molecule has 1 aliphatic rings. The standard InChI is InChI=1S/C20H27N7/c1-13(2)27-15(4)23-16-12-22-19(11-17(16)27)24-18-5-8-21-20(25-18)26-9-6-14(3)7-10-26/h5,8,11-14H,6-7,9-10H2,1-4H3,(H,21,22,24,25). The van der Waals surface area contributed by atoms with E-state index in [0.29, 0.717) is 6.04 Å². The first kappa shape index (κ1) is 17.7. The number of piperidine rings is 1. The number of aromatic nitrogens is 5. The molecular weight excluding hydrogens is 338 g/mol. The van der Waals surface area contributed by atoms with Crippen LogP contribution in [0.25, 0.3) is 11.0 Å². The van der Waals surface area contributed by atoms with Gasteiger partial charge in [0.2, 0.25) is 5.95 Å². The molecule has 3 aromatic rings. The first-order valence-corrected chi connectivity index (χ1v) is 9.71. The van der Waals surface area contributed by atoms with Crippen molar-refractivity contribution in [3.8, 4) is 0 Å². The van der Waals surface area contributed by atoms with Crippen molar-refractivity contribution in [2.45, 2.75) is 46.6 Å². The summed E-state index contributed by atoms with van der Waals surface area (Å²) in [5, 5.41) is 3.33. The summed E-state index contributed by atoms with van der Waals surface area (Å²) in [5.74, 6) is 4.10. The largest absolute Gasteiger partial charge is 0.341 e. The molecule has 0 aromatic carbocycles. The minimum atomic E-state index is 0.345. The van der Waals surface area contributed by atoms with Gasteiger partial charge in [-0.25, -0.2) is 15.0 Å². The van der Waals surface area contributed by atoms with Crippen LogP contribution in [0.5, 0.6) is 0 Å². The second-order valence-corrected chi connectivity index (χ2v) is 7.72. The second-order valence-electron chi connectivity index (χ2n) is 7.72. The maximum atomic E-state index is 4.70. The first-order valence-electron chi connectivity index (χ1n) is 9.71. The highest BCUT2D eigenvalue weighted by molar-refractivity contribution is 5.79. The number of imidazole rings is 1. The number of pyridine rings is 1. The van der Waals surface area contributed by atoms with E-state index in [1.165, 1.54) is 12.8 Å². The Hall–Kier alpha value is -2.70. The molecule has 7 nitrogen and oxygen atoms in total. The number of anilines is 3. The van der Waals surface area contributed by atoms with Crippen molar-refractivity contribution in [1.29, 1.82) is 0 Å². The van der Waals surface area contributed by atoms with Crippen LogP contribution in [-0.4, -0.2) is 37.6 Å². The Balaban J connectivity index is 1.59. The van der Waals surface area contributed by atoms with Gasteiger partial charge in [-0.05, 0) is 45.6 Å². The lowest BCUT2D eigenvalue weighted by molar-refractivity contribution is 0.434. The van der Waals surface area contributed by atoms with E-state index >= 15 is 0 Å². The van der Waals surface area contributed by atoms with Crippen LogP contribution in [0, 0.1) is 12.8 Å². The average molecular weight is 365 g/mol. The molecule has 142 valence electrons. The fourth-order valence-corrected chi connectivity index (χ4v) is 3.75. The maximum Gasteiger partial charge on any atom is 0.227 e. The molecule has 0 bridgehead atoms. The number of fused-ring (bicyclic) bond motifs is 1.